The van der Waals surface area contributed by atoms with Crippen LogP contribution in [-0.4, -0.2) is 32.1 Å². The Morgan fingerprint density at radius 2 is 2.12 bits per heavy atom. The first-order valence-electron chi connectivity index (χ1n) is 5.23. The third kappa shape index (κ3) is 2.30. The predicted molar refractivity (Wildman–Crippen MR) is 60.3 cm³/mol. The van der Waals surface area contributed by atoms with E-state index in [0.29, 0.717) is 24.0 Å². The molecule has 0 saturated heterocycles. The van der Waals surface area contributed by atoms with E-state index in [0.717, 1.165) is 0 Å². The smallest absolute Gasteiger partial charge is 0.250 e. The van der Waals surface area contributed by atoms with Crippen LogP contribution in [-0.2, 0) is 0 Å². The summed E-state index contributed by atoms with van der Waals surface area (Å²) in [6, 6.07) is 1.71. The molecular weight excluding hydrogens is 220 g/mol. The van der Waals surface area contributed by atoms with Gasteiger partial charge in [-0.05, 0) is 19.9 Å². The van der Waals surface area contributed by atoms with E-state index in [1.165, 1.54) is 11.6 Å². The highest BCUT2D eigenvalue weighted by atomic mass is 16.5. The number of carbonyl (C=O) groups excluding carboxylic acids is 1. The van der Waals surface area contributed by atoms with Crippen LogP contribution in [0.1, 0.15) is 24.2 Å². The topological polar surface area (TPSA) is 69.9 Å². The van der Waals surface area contributed by atoms with Crippen LogP contribution in [0.5, 0.6) is 5.88 Å². The van der Waals surface area contributed by atoms with Crippen molar-refractivity contribution < 1.29 is 9.53 Å². The second kappa shape index (κ2) is 4.73. The van der Waals surface area contributed by atoms with Crippen molar-refractivity contribution in [2.75, 3.05) is 6.61 Å². The van der Waals surface area contributed by atoms with Gasteiger partial charge >= 0.3 is 0 Å². The Hall–Kier alpha value is -2.24. The minimum absolute atomic E-state index is 0.101. The third-order valence-corrected chi connectivity index (χ3v) is 2.10. The quantitative estimate of drug-likeness (QED) is 0.742. The molecule has 0 aliphatic heterocycles. The van der Waals surface area contributed by atoms with Gasteiger partial charge in [0.1, 0.15) is 0 Å². The van der Waals surface area contributed by atoms with Crippen molar-refractivity contribution in [2.45, 2.75) is 13.8 Å². The van der Waals surface area contributed by atoms with Gasteiger partial charge in [0.25, 0.3) is 5.95 Å². The predicted octanol–water partition coefficient (Wildman–Crippen LogP) is 1.26. The van der Waals surface area contributed by atoms with Crippen molar-refractivity contribution in [2.24, 2.45) is 0 Å². The molecule has 88 valence electrons. The largest absolute Gasteiger partial charge is 0.476 e. The lowest BCUT2D eigenvalue weighted by molar-refractivity contribution is 0.101. The Bertz CT molecular complexity index is 522. The Labute approximate surface area is 98.3 Å². The Balaban J connectivity index is 2.44. The van der Waals surface area contributed by atoms with Gasteiger partial charge < -0.3 is 4.74 Å². The highest BCUT2D eigenvalue weighted by Crippen LogP contribution is 2.17. The number of rotatable bonds is 4. The SMILES string of the molecule is CCOc1nn(-c2ncccn2)cc1C(C)=O. The average Bonchev–Trinajstić information content (AvgIpc) is 2.75. The van der Waals surface area contributed by atoms with E-state index in [1.807, 2.05) is 6.92 Å². The van der Waals surface area contributed by atoms with Gasteiger partial charge in [0, 0.05) is 18.6 Å². The Morgan fingerprint density at radius 3 is 2.71 bits per heavy atom. The molecule has 2 rings (SSSR count). The summed E-state index contributed by atoms with van der Waals surface area (Å²) in [5, 5.41) is 4.14. The molecule has 2 aromatic rings. The van der Waals surface area contributed by atoms with Gasteiger partial charge in [-0.3, -0.25) is 4.79 Å². The lowest BCUT2D eigenvalue weighted by Crippen LogP contribution is -2.01. The number of Topliss-reactive ketones (excluding diaryl/α,β-unsaturated/α-hetero) is 1. The van der Waals surface area contributed by atoms with Crippen LogP contribution in [0, 0.1) is 0 Å². The molecule has 0 spiro atoms. The summed E-state index contributed by atoms with van der Waals surface area (Å²) in [7, 11) is 0. The van der Waals surface area contributed by atoms with E-state index in [4.69, 9.17) is 4.74 Å². The molecule has 0 aliphatic rings. The molecule has 6 heteroatoms. The summed E-state index contributed by atoms with van der Waals surface area (Å²) in [6.45, 7) is 3.75. The second-order valence-corrected chi connectivity index (χ2v) is 3.33. The van der Waals surface area contributed by atoms with Crippen LogP contribution in [0.3, 0.4) is 0 Å². The molecule has 0 saturated carbocycles. The number of hydrogen-bond donors (Lipinski definition) is 0. The molecule has 0 fully saturated rings. The zero-order chi connectivity index (χ0) is 12.3. The van der Waals surface area contributed by atoms with Crippen molar-refractivity contribution in [3.05, 3.63) is 30.2 Å². The highest BCUT2D eigenvalue weighted by Gasteiger charge is 2.15. The minimum atomic E-state index is -0.101. The van der Waals surface area contributed by atoms with Crippen LogP contribution >= 0.6 is 0 Å². The number of nitrogens with zero attached hydrogens (tertiary/aromatic N) is 4. The van der Waals surface area contributed by atoms with Crippen LogP contribution in [0.15, 0.2) is 24.7 Å². The molecule has 6 nitrogen and oxygen atoms in total. The average molecular weight is 232 g/mol. The number of carbonyl (C=O) groups is 1. The molecule has 0 bridgehead atoms. The maximum atomic E-state index is 11.4. The van der Waals surface area contributed by atoms with Crippen LogP contribution in [0.4, 0.5) is 0 Å². The number of ketones is 1. The third-order valence-electron chi connectivity index (χ3n) is 2.10. The van der Waals surface area contributed by atoms with Gasteiger partial charge in [-0.15, -0.1) is 5.10 Å². The van der Waals surface area contributed by atoms with Crippen molar-refractivity contribution in [3.63, 3.8) is 0 Å². The standard InChI is InChI=1S/C11H12N4O2/c1-3-17-10-9(8(2)16)7-15(14-10)11-12-5-4-6-13-11/h4-7H,3H2,1-2H3. The normalized spacial score (nSPS) is 10.2. The maximum absolute atomic E-state index is 11.4. The molecule has 2 aromatic heterocycles. The summed E-state index contributed by atoms with van der Waals surface area (Å²) in [5.41, 5.74) is 0.430. The van der Waals surface area contributed by atoms with Gasteiger partial charge in [0.2, 0.25) is 5.88 Å². The number of ether oxygens (including phenoxy) is 1. The number of hydrogen-bond acceptors (Lipinski definition) is 5. The minimum Gasteiger partial charge on any atom is -0.476 e. The monoisotopic (exact) mass is 232 g/mol. The fourth-order valence-electron chi connectivity index (χ4n) is 1.35. The molecule has 0 aliphatic carbocycles. The van der Waals surface area contributed by atoms with E-state index >= 15 is 0 Å². The van der Waals surface area contributed by atoms with Gasteiger partial charge in [0.05, 0.1) is 12.2 Å². The summed E-state index contributed by atoms with van der Waals surface area (Å²) in [4.78, 5) is 19.5. The summed E-state index contributed by atoms with van der Waals surface area (Å²) in [6.07, 6.45) is 4.79. The summed E-state index contributed by atoms with van der Waals surface area (Å²) in [5.74, 6) is 0.615. The van der Waals surface area contributed by atoms with E-state index in [2.05, 4.69) is 15.1 Å². The molecule has 2 heterocycles. The van der Waals surface area contributed by atoms with E-state index in [9.17, 15) is 4.79 Å². The van der Waals surface area contributed by atoms with Crippen LogP contribution in [0.25, 0.3) is 5.95 Å². The zero-order valence-electron chi connectivity index (χ0n) is 9.62. The van der Waals surface area contributed by atoms with Gasteiger partial charge in [0.15, 0.2) is 5.78 Å². The van der Waals surface area contributed by atoms with Gasteiger partial charge in [-0.25, -0.2) is 14.6 Å². The lowest BCUT2D eigenvalue weighted by Gasteiger charge is -1.98. The zero-order valence-corrected chi connectivity index (χ0v) is 9.62. The molecule has 0 N–H and O–H groups in total. The summed E-state index contributed by atoms with van der Waals surface area (Å²) >= 11 is 0. The first kappa shape index (κ1) is 11.3. The fraction of sp³-hybridized carbons (Fsp3) is 0.273. The number of aromatic nitrogens is 4. The Morgan fingerprint density at radius 1 is 1.41 bits per heavy atom. The molecule has 0 amide bonds. The molecule has 0 atom stereocenters. The van der Waals surface area contributed by atoms with Crippen molar-refractivity contribution >= 4 is 5.78 Å². The van der Waals surface area contributed by atoms with Crippen molar-refractivity contribution in [1.29, 1.82) is 0 Å². The van der Waals surface area contributed by atoms with Gasteiger partial charge in [-0.2, -0.15) is 0 Å². The maximum Gasteiger partial charge on any atom is 0.250 e. The Kier molecular flexibility index (Phi) is 3.13. The summed E-state index contributed by atoms with van der Waals surface area (Å²) < 4.78 is 6.72. The second-order valence-electron chi connectivity index (χ2n) is 3.33. The van der Waals surface area contributed by atoms with E-state index in [1.54, 1.807) is 24.7 Å². The van der Waals surface area contributed by atoms with Crippen LogP contribution < -0.4 is 4.74 Å². The lowest BCUT2D eigenvalue weighted by atomic mass is 10.2. The van der Waals surface area contributed by atoms with Crippen LogP contribution in [0.2, 0.25) is 0 Å². The molecular formula is C11H12N4O2. The van der Waals surface area contributed by atoms with E-state index in [-0.39, 0.29) is 5.78 Å². The molecule has 17 heavy (non-hydrogen) atoms. The van der Waals surface area contributed by atoms with Gasteiger partial charge in [-0.1, -0.05) is 0 Å². The first-order valence-corrected chi connectivity index (χ1v) is 5.23. The van der Waals surface area contributed by atoms with Crippen molar-refractivity contribution in [3.8, 4) is 11.8 Å². The fourth-order valence-corrected chi connectivity index (χ4v) is 1.35. The van der Waals surface area contributed by atoms with E-state index < -0.39 is 0 Å². The molecule has 0 aromatic carbocycles. The first-order chi connectivity index (χ1) is 8.22. The van der Waals surface area contributed by atoms with Crippen molar-refractivity contribution in [1.82, 2.24) is 19.7 Å². The molecule has 0 unspecified atom stereocenters. The highest BCUT2D eigenvalue weighted by molar-refractivity contribution is 5.96. The molecule has 0 radical (unpaired) electrons.